The van der Waals surface area contributed by atoms with Gasteiger partial charge in [-0.15, -0.1) is 0 Å². The summed E-state index contributed by atoms with van der Waals surface area (Å²) in [5, 5.41) is 9.53. The second kappa shape index (κ2) is 14.2. The lowest BCUT2D eigenvalue weighted by Crippen LogP contribution is -2.45. The summed E-state index contributed by atoms with van der Waals surface area (Å²) >= 11 is 0. The SMILES string of the molecule is CNc1ccc(CNC(=O)C2CC(N(Cc3ccccc3)C(C)=O)CN2C(=O)CCCc2ccccc2)cc1N=N. The number of hydrogen-bond donors (Lipinski definition) is 3. The van der Waals surface area contributed by atoms with Crippen LogP contribution in [0.15, 0.2) is 84.0 Å². The van der Waals surface area contributed by atoms with E-state index in [9.17, 15) is 14.4 Å². The zero-order valence-corrected chi connectivity index (χ0v) is 23.7. The molecule has 41 heavy (non-hydrogen) atoms. The predicted octanol–water partition coefficient (Wildman–Crippen LogP) is 5.05. The molecule has 3 amide bonds. The monoisotopic (exact) mass is 554 g/mol. The molecule has 3 aromatic rings. The molecule has 3 N–H and O–H groups in total. The molecule has 4 rings (SSSR count). The van der Waals surface area contributed by atoms with Crippen molar-refractivity contribution in [2.75, 3.05) is 18.9 Å². The summed E-state index contributed by atoms with van der Waals surface area (Å²) in [7, 11) is 1.76. The Bertz CT molecular complexity index is 1350. The van der Waals surface area contributed by atoms with Crippen molar-refractivity contribution in [2.45, 2.75) is 57.8 Å². The number of carbonyl (C=O) groups excluding carboxylic acids is 3. The molecule has 0 radical (unpaired) electrons. The highest BCUT2D eigenvalue weighted by Gasteiger charge is 2.42. The molecule has 0 aromatic heterocycles. The summed E-state index contributed by atoms with van der Waals surface area (Å²) in [5.74, 6) is -0.428. The molecule has 1 aliphatic rings. The van der Waals surface area contributed by atoms with Gasteiger partial charge in [0.25, 0.3) is 0 Å². The fourth-order valence-corrected chi connectivity index (χ4v) is 5.37. The number of carbonyl (C=O) groups is 3. The van der Waals surface area contributed by atoms with Gasteiger partial charge in [-0.25, -0.2) is 5.53 Å². The molecule has 0 bridgehead atoms. The molecule has 2 unspecified atom stereocenters. The van der Waals surface area contributed by atoms with Gasteiger partial charge in [-0.1, -0.05) is 66.7 Å². The summed E-state index contributed by atoms with van der Waals surface area (Å²) in [6.45, 7) is 2.50. The number of amides is 3. The van der Waals surface area contributed by atoms with Crippen molar-refractivity contribution >= 4 is 29.1 Å². The second-order valence-electron chi connectivity index (χ2n) is 10.4. The van der Waals surface area contributed by atoms with Gasteiger partial charge < -0.3 is 20.4 Å². The van der Waals surface area contributed by atoms with Crippen molar-refractivity contribution < 1.29 is 14.4 Å². The summed E-state index contributed by atoms with van der Waals surface area (Å²) in [6.07, 6.45) is 2.15. The van der Waals surface area contributed by atoms with Crippen molar-refractivity contribution in [3.8, 4) is 0 Å². The van der Waals surface area contributed by atoms with E-state index in [-0.39, 0.29) is 30.3 Å². The van der Waals surface area contributed by atoms with E-state index in [1.54, 1.807) is 22.9 Å². The molecule has 0 saturated carbocycles. The first-order valence-electron chi connectivity index (χ1n) is 14.0. The molecule has 1 aliphatic heterocycles. The van der Waals surface area contributed by atoms with Crippen LogP contribution in [0, 0.1) is 5.53 Å². The number of hydrogen-bond acceptors (Lipinski definition) is 6. The minimum absolute atomic E-state index is 0.0829. The Balaban J connectivity index is 1.48. The molecule has 0 spiro atoms. The van der Waals surface area contributed by atoms with E-state index in [1.165, 1.54) is 12.5 Å². The molecule has 2 atom stereocenters. The maximum atomic E-state index is 13.5. The van der Waals surface area contributed by atoms with Gasteiger partial charge in [0.05, 0.1) is 11.7 Å². The van der Waals surface area contributed by atoms with E-state index in [0.717, 1.165) is 23.2 Å². The van der Waals surface area contributed by atoms with Crippen LogP contribution in [0.4, 0.5) is 11.4 Å². The lowest BCUT2D eigenvalue weighted by atomic mass is 10.1. The fourth-order valence-electron chi connectivity index (χ4n) is 5.37. The molecule has 1 saturated heterocycles. The molecule has 1 fully saturated rings. The molecule has 1 heterocycles. The predicted molar refractivity (Wildman–Crippen MR) is 159 cm³/mol. The van der Waals surface area contributed by atoms with Crippen molar-refractivity contribution in [2.24, 2.45) is 5.11 Å². The van der Waals surface area contributed by atoms with Gasteiger partial charge in [-0.3, -0.25) is 14.4 Å². The average Bonchev–Trinajstić information content (AvgIpc) is 3.44. The van der Waals surface area contributed by atoms with Gasteiger partial charge in [0.1, 0.15) is 11.7 Å². The van der Waals surface area contributed by atoms with E-state index in [4.69, 9.17) is 5.53 Å². The first-order chi connectivity index (χ1) is 19.9. The van der Waals surface area contributed by atoms with Gasteiger partial charge in [0.15, 0.2) is 0 Å². The fraction of sp³-hybridized carbons (Fsp3) is 0.344. The van der Waals surface area contributed by atoms with E-state index >= 15 is 0 Å². The summed E-state index contributed by atoms with van der Waals surface area (Å²) < 4.78 is 0. The first kappa shape index (κ1) is 29.5. The van der Waals surface area contributed by atoms with Crippen molar-refractivity contribution in [1.29, 1.82) is 5.53 Å². The highest BCUT2D eigenvalue weighted by atomic mass is 16.2. The molecule has 9 nitrogen and oxygen atoms in total. The van der Waals surface area contributed by atoms with Gasteiger partial charge in [0, 0.05) is 40.0 Å². The third-order valence-corrected chi connectivity index (χ3v) is 7.56. The lowest BCUT2D eigenvalue weighted by Gasteiger charge is -2.28. The van der Waals surface area contributed by atoms with Crippen LogP contribution in [0.5, 0.6) is 0 Å². The maximum absolute atomic E-state index is 13.5. The minimum Gasteiger partial charge on any atom is -0.386 e. The van der Waals surface area contributed by atoms with Crippen LogP contribution < -0.4 is 10.6 Å². The van der Waals surface area contributed by atoms with Crippen molar-refractivity contribution in [1.82, 2.24) is 15.1 Å². The van der Waals surface area contributed by atoms with Crippen LogP contribution in [0.25, 0.3) is 0 Å². The maximum Gasteiger partial charge on any atom is 0.243 e. The number of anilines is 1. The van der Waals surface area contributed by atoms with E-state index in [0.29, 0.717) is 38.0 Å². The Labute approximate surface area is 241 Å². The average molecular weight is 555 g/mol. The van der Waals surface area contributed by atoms with Crippen LogP contribution in [0.2, 0.25) is 0 Å². The van der Waals surface area contributed by atoms with E-state index < -0.39 is 6.04 Å². The standard InChI is InChI=1S/C32H38N6O3/c1-23(39)37(21-25-12-7-4-8-13-25)27-19-30(32(41)35-20-26-16-17-28(34-2)29(18-26)36-33)38(22-27)31(40)15-9-14-24-10-5-3-6-11-24/h3-8,10-13,16-18,27,30,33-34H,9,14-15,19-22H2,1-2H3,(H,35,41). The summed E-state index contributed by atoms with van der Waals surface area (Å²) in [5.41, 5.74) is 11.6. The zero-order chi connectivity index (χ0) is 29.2. The third-order valence-electron chi connectivity index (χ3n) is 7.56. The summed E-state index contributed by atoms with van der Waals surface area (Å²) in [4.78, 5) is 43.2. The number of rotatable bonds is 12. The van der Waals surface area contributed by atoms with Crippen LogP contribution in [0.1, 0.15) is 42.9 Å². The van der Waals surface area contributed by atoms with Gasteiger partial charge in [0.2, 0.25) is 17.7 Å². The molecule has 9 heteroatoms. The highest BCUT2D eigenvalue weighted by molar-refractivity contribution is 5.88. The second-order valence-corrected chi connectivity index (χ2v) is 10.4. The minimum atomic E-state index is -0.682. The van der Waals surface area contributed by atoms with Crippen LogP contribution in [-0.4, -0.2) is 53.2 Å². The molecular formula is C32H38N6O3. The van der Waals surface area contributed by atoms with Crippen molar-refractivity contribution in [3.05, 3.63) is 95.6 Å². The number of nitrogens with one attached hydrogen (secondary N) is 3. The van der Waals surface area contributed by atoms with Gasteiger partial charge in [-0.05, 0) is 48.1 Å². The molecule has 0 aliphatic carbocycles. The van der Waals surface area contributed by atoms with Gasteiger partial charge in [-0.2, -0.15) is 5.11 Å². The quantitative estimate of drug-likeness (QED) is 0.272. The van der Waals surface area contributed by atoms with Crippen LogP contribution >= 0.6 is 0 Å². The Hall–Kier alpha value is -4.53. The first-order valence-corrected chi connectivity index (χ1v) is 14.0. The third kappa shape index (κ3) is 7.78. The van der Waals surface area contributed by atoms with E-state index in [2.05, 4.69) is 15.7 Å². The Morgan fingerprint density at radius 3 is 2.29 bits per heavy atom. The van der Waals surface area contributed by atoms with E-state index in [1.807, 2.05) is 72.8 Å². The number of likely N-dealkylation sites (tertiary alicyclic amines) is 1. The molecule has 3 aromatic carbocycles. The van der Waals surface area contributed by atoms with Crippen LogP contribution in [-0.2, 0) is 33.9 Å². The smallest absolute Gasteiger partial charge is 0.243 e. The van der Waals surface area contributed by atoms with Crippen molar-refractivity contribution in [3.63, 3.8) is 0 Å². The number of nitrogens with zero attached hydrogens (tertiary/aromatic N) is 3. The van der Waals surface area contributed by atoms with Crippen LogP contribution in [0.3, 0.4) is 0 Å². The van der Waals surface area contributed by atoms with Gasteiger partial charge >= 0.3 is 0 Å². The molecular weight excluding hydrogens is 516 g/mol. The normalized spacial score (nSPS) is 16.2. The Morgan fingerprint density at radius 1 is 0.976 bits per heavy atom. The number of aryl methyl sites for hydroxylation is 1. The molecule has 214 valence electrons. The Kier molecular flexibility index (Phi) is 10.2. The largest absolute Gasteiger partial charge is 0.386 e. The highest BCUT2D eigenvalue weighted by Crippen LogP contribution is 2.27. The lowest BCUT2D eigenvalue weighted by molar-refractivity contribution is -0.138. The summed E-state index contributed by atoms with van der Waals surface area (Å²) in [6, 6.07) is 24.2. The Morgan fingerprint density at radius 2 is 1.66 bits per heavy atom. The number of benzene rings is 3. The zero-order valence-electron chi connectivity index (χ0n) is 23.7. The topological polar surface area (TPSA) is 118 Å².